The number of hydrogen-bond donors (Lipinski definition) is 0. The Morgan fingerprint density at radius 2 is 2.36 bits per heavy atom. The van der Waals surface area contributed by atoms with Crippen molar-refractivity contribution in [2.75, 3.05) is 19.4 Å². The molecule has 1 aliphatic heterocycles. The highest BCUT2D eigenvalue weighted by Crippen LogP contribution is 2.28. The maximum Gasteiger partial charge on any atom is 0.139 e. The fraction of sp³-hybridized carbons (Fsp3) is 0.444. The molecular weight excluding hydrogens is 200 g/mol. The first-order chi connectivity index (χ1) is 6.61. The minimum absolute atomic E-state index is 0.476. The van der Waals surface area contributed by atoms with Crippen LogP contribution in [0.5, 0.6) is 5.75 Å². The van der Waals surface area contributed by atoms with E-state index < -0.39 is 9.73 Å². The lowest BCUT2D eigenvalue weighted by Gasteiger charge is -2.09. The highest BCUT2D eigenvalue weighted by Gasteiger charge is 2.19. The highest BCUT2D eigenvalue weighted by molar-refractivity contribution is 7.93. The Morgan fingerprint density at radius 3 is 3.14 bits per heavy atom. The van der Waals surface area contributed by atoms with E-state index in [-0.39, 0.29) is 0 Å². The summed E-state index contributed by atoms with van der Waals surface area (Å²) in [7, 11) is -2.32. The zero-order valence-corrected chi connectivity index (χ0v) is 9.00. The van der Waals surface area contributed by atoms with E-state index in [2.05, 4.69) is 9.35 Å². The summed E-state index contributed by atoms with van der Waals surface area (Å²) in [6, 6.07) is 1.74. The van der Waals surface area contributed by atoms with Crippen molar-refractivity contribution in [1.29, 1.82) is 0 Å². The van der Waals surface area contributed by atoms with Gasteiger partial charge in [-0.1, -0.05) is 0 Å². The van der Waals surface area contributed by atoms with Gasteiger partial charge in [0.1, 0.15) is 17.3 Å². The second-order valence-corrected chi connectivity index (χ2v) is 5.50. The van der Waals surface area contributed by atoms with Crippen molar-refractivity contribution >= 4 is 9.73 Å². The number of hydrogen-bond acceptors (Lipinski definition) is 4. The second-order valence-electron chi connectivity index (χ2n) is 3.23. The van der Waals surface area contributed by atoms with Gasteiger partial charge in [0.2, 0.25) is 0 Å². The molecule has 5 heteroatoms. The fourth-order valence-corrected chi connectivity index (χ4v) is 3.19. The fourth-order valence-electron chi connectivity index (χ4n) is 1.54. The van der Waals surface area contributed by atoms with Gasteiger partial charge in [0, 0.05) is 12.5 Å². The summed E-state index contributed by atoms with van der Waals surface area (Å²) < 4.78 is 21.8. The Morgan fingerprint density at radius 1 is 1.57 bits per heavy atom. The lowest BCUT2D eigenvalue weighted by atomic mass is 10.3. The largest absolute Gasteiger partial charge is 0.490 e. The van der Waals surface area contributed by atoms with Crippen molar-refractivity contribution in [1.82, 2.24) is 4.98 Å². The second kappa shape index (κ2) is 3.24. The number of fused-ring (bicyclic) bond motifs is 1. The van der Waals surface area contributed by atoms with Crippen molar-refractivity contribution in [2.24, 2.45) is 4.36 Å². The predicted molar refractivity (Wildman–Crippen MR) is 54.1 cm³/mol. The Hall–Kier alpha value is -1.10. The van der Waals surface area contributed by atoms with Gasteiger partial charge in [-0.3, -0.25) is 4.98 Å². The average molecular weight is 212 g/mol. The molecular formula is C9H12N2O2S. The molecule has 0 saturated carbocycles. The van der Waals surface area contributed by atoms with Crippen LogP contribution < -0.4 is 4.74 Å². The first-order valence-corrected chi connectivity index (χ1v) is 6.30. The van der Waals surface area contributed by atoms with Crippen LogP contribution in [0.15, 0.2) is 21.5 Å². The van der Waals surface area contributed by atoms with Crippen LogP contribution >= 0.6 is 0 Å². The molecule has 1 aromatic heterocycles. The Kier molecular flexibility index (Phi) is 2.19. The lowest BCUT2D eigenvalue weighted by molar-refractivity contribution is 0.323. The standard InChI is InChI=1S/C9H12N2O2S/c1-7-9-8(3-4-10-7)13-6-5-11-14(9,2)12/h3-4H,5-6H2,1-2H3/t14-/m1/s1. The maximum atomic E-state index is 12.2. The molecule has 0 spiro atoms. The first-order valence-electron chi connectivity index (χ1n) is 4.37. The van der Waals surface area contributed by atoms with Crippen molar-refractivity contribution in [3.63, 3.8) is 0 Å². The summed E-state index contributed by atoms with van der Waals surface area (Å²) in [4.78, 5) is 4.76. The summed E-state index contributed by atoms with van der Waals surface area (Å²) in [5, 5.41) is 0. The molecule has 2 rings (SSSR count). The van der Waals surface area contributed by atoms with E-state index in [1.165, 1.54) is 0 Å². The monoisotopic (exact) mass is 212 g/mol. The normalized spacial score (nSPS) is 25.6. The molecule has 0 saturated heterocycles. The van der Waals surface area contributed by atoms with Crippen LogP contribution in [0.2, 0.25) is 0 Å². The minimum atomic E-state index is -2.32. The third-order valence-electron chi connectivity index (χ3n) is 2.11. The van der Waals surface area contributed by atoms with E-state index in [1.54, 1.807) is 18.5 Å². The third-order valence-corrected chi connectivity index (χ3v) is 4.04. The molecule has 0 amide bonds. The topological polar surface area (TPSA) is 51.5 Å². The maximum absolute atomic E-state index is 12.2. The predicted octanol–water partition coefficient (Wildman–Crippen LogP) is 1.24. The highest BCUT2D eigenvalue weighted by atomic mass is 32.2. The van der Waals surface area contributed by atoms with E-state index in [4.69, 9.17) is 4.74 Å². The number of ether oxygens (including phenoxy) is 1. The number of pyridine rings is 1. The van der Waals surface area contributed by atoms with E-state index in [9.17, 15) is 4.21 Å². The van der Waals surface area contributed by atoms with Gasteiger partial charge in [-0.25, -0.2) is 8.57 Å². The van der Waals surface area contributed by atoms with Gasteiger partial charge in [0.15, 0.2) is 0 Å². The third kappa shape index (κ3) is 1.48. The van der Waals surface area contributed by atoms with Crippen LogP contribution in [0, 0.1) is 6.92 Å². The quantitative estimate of drug-likeness (QED) is 0.650. The molecule has 0 bridgehead atoms. The number of aryl methyl sites for hydroxylation is 1. The summed E-state index contributed by atoms with van der Waals surface area (Å²) in [6.07, 6.45) is 3.30. The zero-order valence-electron chi connectivity index (χ0n) is 8.19. The summed E-state index contributed by atoms with van der Waals surface area (Å²) in [6.45, 7) is 2.79. The molecule has 0 radical (unpaired) electrons. The summed E-state index contributed by atoms with van der Waals surface area (Å²) in [5.41, 5.74) is 0.737. The molecule has 0 aliphatic carbocycles. The molecule has 76 valence electrons. The van der Waals surface area contributed by atoms with Gasteiger partial charge in [-0.15, -0.1) is 0 Å². The van der Waals surface area contributed by atoms with E-state index in [0.29, 0.717) is 23.8 Å². The Bertz CT molecular complexity index is 476. The smallest absolute Gasteiger partial charge is 0.139 e. The van der Waals surface area contributed by atoms with Gasteiger partial charge < -0.3 is 4.74 Å². The van der Waals surface area contributed by atoms with Crippen LogP contribution in [-0.4, -0.2) is 28.6 Å². The Labute approximate surface area is 83.5 Å². The van der Waals surface area contributed by atoms with Gasteiger partial charge >= 0.3 is 0 Å². The lowest BCUT2D eigenvalue weighted by Crippen LogP contribution is -2.02. The van der Waals surface area contributed by atoms with Crippen LogP contribution in [0.4, 0.5) is 0 Å². The molecule has 4 nitrogen and oxygen atoms in total. The number of nitrogens with zero attached hydrogens (tertiary/aromatic N) is 2. The molecule has 1 atom stereocenters. The van der Waals surface area contributed by atoms with E-state index in [1.807, 2.05) is 6.92 Å². The summed E-state index contributed by atoms with van der Waals surface area (Å²) in [5.74, 6) is 0.659. The summed E-state index contributed by atoms with van der Waals surface area (Å²) >= 11 is 0. The van der Waals surface area contributed by atoms with Crippen molar-refractivity contribution in [3.8, 4) is 5.75 Å². The van der Waals surface area contributed by atoms with Crippen molar-refractivity contribution in [3.05, 3.63) is 18.0 Å². The molecule has 1 aliphatic rings. The van der Waals surface area contributed by atoms with Gasteiger partial charge in [0.05, 0.1) is 22.0 Å². The number of aromatic nitrogens is 1. The van der Waals surface area contributed by atoms with Crippen molar-refractivity contribution in [2.45, 2.75) is 11.8 Å². The van der Waals surface area contributed by atoms with Crippen LogP contribution in [0.1, 0.15) is 5.69 Å². The molecule has 0 unspecified atom stereocenters. The SMILES string of the molecule is Cc1nccc2c1[S@@](C)(=O)=NCCO2. The molecule has 14 heavy (non-hydrogen) atoms. The molecule has 0 aromatic carbocycles. The van der Waals surface area contributed by atoms with E-state index in [0.717, 1.165) is 5.69 Å². The molecule has 1 aromatic rings. The molecule has 2 heterocycles. The average Bonchev–Trinajstić information content (AvgIpc) is 2.25. The van der Waals surface area contributed by atoms with Gasteiger partial charge in [0.25, 0.3) is 0 Å². The Balaban J connectivity index is 2.77. The number of rotatable bonds is 0. The van der Waals surface area contributed by atoms with E-state index >= 15 is 0 Å². The first kappa shape index (κ1) is 9.45. The van der Waals surface area contributed by atoms with Gasteiger partial charge in [-0.05, 0) is 13.0 Å². The van der Waals surface area contributed by atoms with Crippen molar-refractivity contribution < 1.29 is 8.95 Å². The zero-order chi connectivity index (χ0) is 10.2. The minimum Gasteiger partial charge on any atom is -0.490 e. The van der Waals surface area contributed by atoms with Crippen LogP contribution in [0.25, 0.3) is 0 Å². The molecule has 0 fully saturated rings. The van der Waals surface area contributed by atoms with Gasteiger partial charge in [-0.2, -0.15) is 0 Å². The van der Waals surface area contributed by atoms with Crippen LogP contribution in [0.3, 0.4) is 0 Å². The molecule has 0 N–H and O–H groups in total. The van der Waals surface area contributed by atoms with Crippen LogP contribution in [-0.2, 0) is 9.73 Å².